The summed E-state index contributed by atoms with van der Waals surface area (Å²) in [4.78, 5) is 10.5. The lowest BCUT2D eigenvalue weighted by molar-refractivity contribution is -0.137. The van der Waals surface area contributed by atoms with Gasteiger partial charge in [0.2, 0.25) is 10.0 Å². The normalized spacial score (nSPS) is 17.6. The number of aliphatic carboxylic acids is 1. The zero-order valence-electron chi connectivity index (χ0n) is 10.9. The summed E-state index contributed by atoms with van der Waals surface area (Å²) in [6.07, 6.45) is 5.03. The SMILES string of the molecule is CCCC(CCNS(=O)(=O)C1CC1)CCC(=O)O. The zero-order chi connectivity index (χ0) is 13.6. The Morgan fingerprint density at radius 3 is 2.50 bits per heavy atom. The molecule has 6 heteroatoms. The van der Waals surface area contributed by atoms with Crippen molar-refractivity contribution in [1.82, 2.24) is 4.72 Å². The molecule has 1 fully saturated rings. The van der Waals surface area contributed by atoms with Gasteiger partial charge in [0, 0.05) is 13.0 Å². The fraction of sp³-hybridized carbons (Fsp3) is 0.917. The van der Waals surface area contributed by atoms with Crippen LogP contribution < -0.4 is 4.72 Å². The number of hydrogen-bond acceptors (Lipinski definition) is 3. The van der Waals surface area contributed by atoms with Crippen LogP contribution in [0.4, 0.5) is 0 Å². The topological polar surface area (TPSA) is 83.5 Å². The van der Waals surface area contributed by atoms with Gasteiger partial charge in [-0.1, -0.05) is 19.8 Å². The average molecular weight is 277 g/mol. The Morgan fingerprint density at radius 2 is 2.00 bits per heavy atom. The highest BCUT2D eigenvalue weighted by Gasteiger charge is 2.35. The van der Waals surface area contributed by atoms with Crippen LogP contribution >= 0.6 is 0 Å². The van der Waals surface area contributed by atoms with E-state index in [-0.39, 0.29) is 11.7 Å². The summed E-state index contributed by atoms with van der Waals surface area (Å²) in [6.45, 7) is 2.49. The van der Waals surface area contributed by atoms with Crippen LogP contribution in [0.2, 0.25) is 0 Å². The fourth-order valence-electron chi connectivity index (χ4n) is 2.07. The summed E-state index contributed by atoms with van der Waals surface area (Å²) in [6, 6.07) is 0. The molecule has 0 spiro atoms. The van der Waals surface area contributed by atoms with Crippen LogP contribution in [-0.4, -0.2) is 31.3 Å². The largest absolute Gasteiger partial charge is 0.481 e. The number of carboxylic acid groups (broad SMARTS) is 1. The molecule has 0 aliphatic heterocycles. The van der Waals surface area contributed by atoms with Gasteiger partial charge in [-0.05, 0) is 31.6 Å². The molecule has 1 atom stereocenters. The van der Waals surface area contributed by atoms with E-state index < -0.39 is 16.0 Å². The standard InChI is InChI=1S/C12H23NO4S/c1-2-3-10(4-7-12(14)15)8-9-13-18(16,17)11-5-6-11/h10-11,13H,2-9H2,1H3,(H,14,15). The van der Waals surface area contributed by atoms with Crippen molar-refractivity contribution < 1.29 is 18.3 Å². The smallest absolute Gasteiger partial charge is 0.303 e. The van der Waals surface area contributed by atoms with Crippen LogP contribution in [0.25, 0.3) is 0 Å². The van der Waals surface area contributed by atoms with Gasteiger partial charge in [-0.3, -0.25) is 4.79 Å². The van der Waals surface area contributed by atoms with Crippen LogP contribution in [0.3, 0.4) is 0 Å². The van der Waals surface area contributed by atoms with E-state index in [1.54, 1.807) is 0 Å². The molecule has 18 heavy (non-hydrogen) atoms. The second-order valence-corrected chi connectivity index (χ2v) is 7.06. The summed E-state index contributed by atoms with van der Waals surface area (Å²) in [5.74, 6) is -0.484. The second-order valence-electron chi connectivity index (χ2n) is 5.01. The van der Waals surface area contributed by atoms with E-state index >= 15 is 0 Å². The molecule has 0 radical (unpaired) electrons. The van der Waals surface area contributed by atoms with Gasteiger partial charge in [0.15, 0.2) is 0 Å². The second kappa shape index (κ2) is 7.09. The molecule has 0 bridgehead atoms. The molecule has 0 aromatic rings. The summed E-state index contributed by atoms with van der Waals surface area (Å²) >= 11 is 0. The van der Waals surface area contributed by atoms with Crippen LogP contribution in [0.1, 0.15) is 51.9 Å². The molecule has 106 valence electrons. The first kappa shape index (κ1) is 15.4. The molecule has 0 heterocycles. The van der Waals surface area contributed by atoms with E-state index in [0.29, 0.717) is 18.9 Å². The van der Waals surface area contributed by atoms with Crippen molar-refractivity contribution in [2.24, 2.45) is 5.92 Å². The zero-order valence-corrected chi connectivity index (χ0v) is 11.7. The Morgan fingerprint density at radius 1 is 1.33 bits per heavy atom. The maximum absolute atomic E-state index is 11.6. The molecule has 1 aliphatic rings. The highest BCUT2D eigenvalue weighted by molar-refractivity contribution is 7.90. The number of carbonyl (C=O) groups is 1. The lowest BCUT2D eigenvalue weighted by atomic mass is 9.95. The third-order valence-corrected chi connectivity index (χ3v) is 5.24. The lowest BCUT2D eigenvalue weighted by Gasteiger charge is -2.15. The molecule has 0 aromatic heterocycles. The third kappa shape index (κ3) is 5.82. The van der Waals surface area contributed by atoms with Crippen LogP contribution in [0, 0.1) is 5.92 Å². The number of carboxylic acids is 1. The molecular weight excluding hydrogens is 254 g/mol. The van der Waals surface area contributed by atoms with Gasteiger partial charge in [-0.25, -0.2) is 13.1 Å². The summed E-state index contributed by atoms with van der Waals surface area (Å²) < 4.78 is 25.8. The number of hydrogen-bond donors (Lipinski definition) is 2. The highest BCUT2D eigenvalue weighted by atomic mass is 32.2. The summed E-state index contributed by atoms with van der Waals surface area (Å²) in [7, 11) is -3.10. The van der Waals surface area contributed by atoms with Crippen molar-refractivity contribution in [3.05, 3.63) is 0 Å². The predicted octanol–water partition coefficient (Wildman–Crippen LogP) is 1.74. The molecular formula is C12H23NO4S. The maximum atomic E-state index is 11.6. The van der Waals surface area contributed by atoms with Gasteiger partial charge >= 0.3 is 5.97 Å². The van der Waals surface area contributed by atoms with Crippen molar-refractivity contribution in [2.45, 2.75) is 57.1 Å². The van der Waals surface area contributed by atoms with E-state index in [1.165, 1.54) is 0 Å². The minimum absolute atomic E-state index is 0.167. The fourth-order valence-corrected chi connectivity index (χ4v) is 3.47. The molecule has 2 N–H and O–H groups in total. The quantitative estimate of drug-likeness (QED) is 0.637. The molecule has 5 nitrogen and oxygen atoms in total. The minimum Gasteiger partial charge on any atom is -0.481 e. The van der Waals surface area contributed by atoms with E-state index in [9.17, 15) is 13.2 Å². The lowest BCUT2D eigenvalue weighted by Crippen LogP contribution is -2.29. The van der Waals surface area contributed by atoms with Gasteiger partial charge in [0.05, 0.1) is 5.25 Å². The molecule has 0 aromatic carbocycles. The maximum Gasteiger partial charge on any atom is 0.303 e. The van der Waals surface area contributed by atoms with Crippen molar-refractivity contribution in [2.75, 3.05) is 6.54 Å². The first-order chi connectivity index (χ1) is 8.45. The van der Waals surface area contributed by atoms with E-state index in [2.05, 4.69) is 11.6 Å². The van der Waals surface area contributed by atoms with Gasteiger partial charge in [-0.2, -0.15) is 0 Å². The summed E-state index contributed by atoms with van der Waals surface area (Å²) in [5.41, 5.74) is 0. The van der Waals surface area contributed by atoms with Crippen molar-refractivity contribution in [3.63, 3.8) is 0 Å². The van der Waals surface area contributed by atoms with Gasteiger partial charge in [0.1, 0.15) is 0 Å². The van der Waals surface area contributed by atoms with Crippen LogP contribution in [-0.2, 0) is 14.8 Å². The Bertz CT molecular complexity index is 362. The Kier molecular flexibility index (Phi) is 6.08. The molecule has 1 aliphatic carbocycles. The van der Waals surface area contributed by atoms with Crippen LogP contribution in [0.15, 0.2) is 0 Å². The molecule has 1 rings (SSSR count). The first-order valence-corrected chi connectivity index (χ1v) is 8.20. The number of rotatable bonds is 10. The van der Waals surface area contributed by atoms with E-state index in [1.807, 2.05) is 0 Å². The molecule has 1 saturated carbocycles. The van der Waals surface area contributed by atoms with E-state index in [0.717, 1.165) is 32.1 Å². The highest BCUT2D eigenvalue weighted by Crippen LogP contribution is 2.27. The van der Waals surface area contributed by atoms with Crippen LogP contribution in [0.5, 0.6) is 0 Å². The average Bonchev–Trinajstić information content (AvgIpc) is 3.09. The van der Waals surface area contributed by atoms with Crippen molar-refractivity contribution >= 4 is 16.0 Å². The van der Waals surface area contributed by atoms with Gasteiger partial charge in [0.25, 0.3) is 0 Å². The Labute approximate surface area is 109 Å². The predicted molar refractivity (Wildman–Crippen MR) is 69.8 cm³/mol. The molecule has 1 unspecified atom stereocenters. The molecule has 0 amide bonds. The van der Waals surface area contributed by atoms with Crippen molar-refractivity contribution in [1.29, 1.82) is 0 Å². The van der Waals surface area contributed by atoms with E-state index in [4.69, 9.17) is 5.11 Å². The summed E-state index contributed by atoms with van der Waals surface area (Å²) in [5, 5.41) is 8.48. The van der Waals surface area contributed by atoms with Gasteiger partial charge in [-0.15, -0.1) is 0 Å². The monoisotopic (exact) mass is 277 g/mol. The van der Waals surface area contributed by atoms with Gasteiger partial charge < -0.3 is 5.11 Å². The van der Waals surface area contributed by atoms with Crippen molar-refractivity contribution in [3.8, 4) is 0 Å². The Hall–Kier alpha value is -0.620. The minimum atomic E-state index is -3.10. The first-order valence-electron chi connectivity index (χ1n) is 6.66. The third-order valence-electron chi connectivity index (χ3n) is 3.28. The number of sulfonamides is 1. The Balaban J connectivity index is 2.25. The number of nitrogens with one attached hydrogen (secondary N) is 1. The molecule has 0 saturated heterocycles.